The lowest BCUT2D eigenvalue weighted by molar-refractivity contribution is -0.213. The Balaban J connectivity index is 2.21. The van der Waals surface area contributed by atoms with Crippen molar-refractivity contribution in [3.8, 4) is 0 Å². The summed E-state index contributed by atoms with van der Waals surface area (Å²) in [7, 11) is 0. The average Bonchev–Trinajstić information content (AvgIpc) is 2.19. The third-order valence-electron chi connectivity index (χ3n) is 2.41. The SMILES string of the molecule is CC/C=C\CC1CCOC(CCC)O1. The van der Waals surface area contributed by atoms with Crippen molar-refractivity contribution in [2.45, 2.75) is 58.3 Å². The summed E-state index contributed by atoms with van der Waals surface area (Å²) in [5.41, 5.74) is 0. The van der Waals surface area contributed by atoms with Gasteiger partial charge in [-0.2, -0.15) is 0 Å². The van der Waals surface area contributed by atoms with E-state index in [-0.39, 0.29) is 6.29 Å². The van der Waals surface area contributed by atoms with Gasteiger partial charge in [0.1, 0.15) is 0 Å². The third-order valence-corrected chi connectivity index (χ3v) is 2.41. The topological polar surface area (TPSA) is 18.5 Å². The van der Waals surface area contributed by atoms with Gasteiger partial charge in [0, 0.05) is 0 Å². The smallest absolute Gasteiger partial charge is 0.157 e. The molecule has 0 aromatic rings. The fraction of sp³-hybridized carbons (Fsp3) is 0.833. The maximum absolute atomic E-state index is 5.80. The first kappa shape index (κ1) is 11.7. The van der Waals surface area contributed by atoms with Crippen LogP contribution in [0.1, 0.15) is 46.0 Å². The molecule has 2 atom stereocenters. The quantitative estimate of drug-likeness (QED) is 0.631. The molecule has 0 radical (unpaired) electrons. The van der Waals surface area contributed by atoms with E-state index in [1.807, 2.05) is 0 Å². The van der Waals surface area contributed by atoms with Gasteiger partial charge in [-0.05, 0) is 25.7 Å². The Morgan fingerprint density at radius 3 is 2.86 bits per heavy atom. The van der Waals surface area contributed by atoms with Crippen LogP contribution in [-0.2, 0) is 9.47 Å². The zero-order valence-electron chi connectivity index (χ0n) is 9.37. The largest absolute Gasteiger partial charge is 0.353 e. The molecule has 1 saturated heterocycles. The summed E-state index contributed by atoms with van der Waals surface area (Å²) in [5.74, 6) is 0. The molecular formula is C12H22O2. The van der Waals surface area contributed by atoms with Crippen molar-refractivity contribution in [1.29, 1.82) is 0 Å². The first-order valence-corrected chi connectivity index (χ1v) is 5.78. The zero-order valence-corrected chi connectivity index (χ0v) is 9.37. The molecule has 0 saturated carbocycles. The summed E-state index contributed by atoms with van der Waals surface area (Å²) in [6.45, 7) is 5.17. The van der Waals surface area contributed by atoms with E-state index in [1.54, 1.807) is 0 Å². The predicted molar refractivity (Wildman–Crippen MR) is 58.2 cm³/mol. The van der Waals surface area contributed by atoms with Gasteiger partial charge in [0.2, 0.25) is 0 Å². The van der Waals surface area contributed by atoms with Gasteiger partial charge < -0.3 is 9.47 Å². The number of rotatable bonds is 5. The molecule has 1 rings (SSSR count). The van der Waals surface area contributed by atoms with Crippen molar-refractivity contribution in [1.82, 2.24) is 0 Å². The highest BCUT2D eigenvalue weighted by Crippen LogP contribution is 2.18. The second kappa shape index (κ2) is 7.02. The zero-order chi connectivity index (χ0) is 10.2. The molecule has 2 nitrogen and oxygen atoms in total. The molecule has 0 spiro atoms. The molecule has 0 N–H and O–H groups in total. The summed E-state index contributed by atoms with van der Waals surface area (Å²) in [6, 6.07) is 0. The van der Waals surface area contributed by atoms with Crippen molar-refractivity contribution in [3.05, 3.63) is 12.2 Å². The normalized spacial score (nSPS) is 28.4. The maximum Gasteiger partial charge on any atom is 0.157 e. The summed E-state index contributed by atoms with van der Waals surface area (Å²) in [4.78, 5) is 0. The number of allylic oxidation sites excluding steroid dienone is 1. The van der Waals surface area contributed by atoms with Gasteiger partial charge in [-0.3, -0.25) is 0 Å². The average molecular weight is 198 g/mol. The highest BCUT2D eigenvalue weighted by molar-refractivity contribution is 4.84. The minimum Gasteiger partial charge on any atom is -0.353 e. The molecule has 2 heteroatoms. The fourth-order valence-electron chi connectivity index (χ4n) is 1.63. The van der Waals surface area contributed by atoms with Gasteiger partial charge in [-0.1, -0.05) is 32.4 Å². The van der Waals surface area contributed by atoms with E-state index in [9.17, 15) is 0 Å². The van der Waals surface area contributed by atoms with E-state index >= 15 is 0 Å². The third kappa shape index (κ3) is 4.25. The van der Waals surface area contributed by atoms with Crippen LogP contribution in [0, 0.1) is 0 Å². The van der Waals surface area contributed by atoms with E-state index < -0.39 is 0 Å². The van der Waals surface area contributed by atoms with Crippen LogP contribution in [0.15, 0.2) is 12.2 Å². The lowest BCUT2D eigenvalue weighted by Gasteiger charge is -2.29. The van der Waals surface area contributed by atoms with Crippen LogP contribution in [0.5, 0.6) is 0 Å². The van der Waals surface area contributed by atoms with Gasteiger partial charge in [0.25, 0.3) is 0 Å². The first-order chi connectivity index (χ1) is 6.86. The maximum atomic E-state index is 5.80. The van der Waals surface area contributed by atoms with Crippen LogP contribution in [0.3, 0.4) is 0 Å². The summed E-state index contributed by atoms with van der Waals surface area (Å²) >= 11 is 0. The standard InChI is InChI=1S/C12H22O2/c1-3-5-6-8-11-9-10-13-12(14-11)7-4-2/h5-6,11-12H,3-4,7-10H2,1-2H3/b6-5-. The van der Waals surface area contributed by atoms with Gasteiger partial charge in [0.15, 0.2) is 6.29 Å². The van der Waals surface area contributed by atoms with Crippen LogP contribution < -0.4 is 0 Å². The van der Waals surface area contributed by atoms with Crippen LogP contribution in [0.25, 0.3) is 0 Å². The van der Waals surface area contributed by atoms with Crippen LogP contribution in [0.2, 0.25) is 0 Å². The molecule has 0 aliphatic carbocycles. The van der Waals surface area contributed by atoms with Crippen molar-refractivity contribution < 1.29 is 9.47 Å². The molecule has 2 unspecified atom stereocenters. The van der Waals surface area contributed by atoms with E-state index in [2.05, 4.69) is 26.0 Å². The van der Waals surface area contributed by atoms with Gasteiger partial charge >= 0.3 is 0 Å². The monoisotopic (exact) mass is 198 g/mol. The Morgan fingerprint density at radius 2 is 2.14 bits per heavy atom. The Kier molecular flexibility index (Phi) is 5.88. The fourth-order valence-corrected chi connectivity index (χ4v) is 1.63. The van der Waals surface area contributed by atoms with E-state index in [4.69, 9.17) is 9.47 Å². The van der Waals surface area contributed by atoms with Crippen molar-refractivity contribution in [2.75, 3.05) is 6.61 Å². The summed E-state index contributed by atoms with van der Waals surface area (Å²) in [5, 5.41) is 0. The second-order valence-corrected chi connectivity index (χ2v) is 3.75. The summed E-state index contributed by atoms with van der Waals surface area (Å²) < 4.78 is 11.3. The number of ether oxygens (including phenoxy) is 2. The van der Waals surface area contributed by atoms with Crippen molar-refractivity contribution in [2.24, 2.45) is 0 Å². The lowest BCUT2D eigenvalue weighted by atomic mass is 10.1. The molecular weight excluding hydrogens is 176 g/mol. The highest BCUT2D eigenvalue weighted by atomic mass is 16.7. The molecule has 1 heterocycles. The minimum atomic E-state index is 0.0498. The van der Waals surface area contributed by atoms with Crippen LogP contribution in [-0.4, -0.2) is 19.0 Å². The van der Waals surface area contributed by atoms with Crippen molar-refractivity contribution >= 4 is 0 Å². The molecule has 0 amide bonds. The molecule has 1 fully saturated rings. The Hall–Kier alpha value is -0.340. The molecule has 1 aliphatic heterocycles. The molecule has 0 bridgehead atoms. The molecule has 0 aromatic carbocycles. The van der Waals surface area contributed by atoms with Crippen LogP contribution in [0.4, 0.5) is 0 Å². The van der Waals surface area contributed by atoms with Gasteiger partial charge in [0.05, 0.1) is 12.7 Å². The van der Waals surface area contributed by atoms with E-state index in [1.165, 1.54) is 0 Å². The Bertz CT molecular complexity index is 164. The molecule has 1 aliphatic rings. The van der Waals surface area contributed by atoms with E-state index in [0.29, 0.717) is 6.10 Å². The van der Waals surface area contributed by atoms with Crippen LogP contribution >= 0.6 is 0 Å². The van der Waals surface area contributed by atoms with E-state index in [0.717, 1.165) is 38.7 Å². The molecule has 0 aromatic heterocycles. The van der Waals surface area contributed by atoms with Crippen molar-refractivity contribution in [3.63, 3.8) is 0 Å². The minimum absolute atomic E-state index is 0.0498. The Morgan fingerprint density at radius 1 is 1.29 bits per heavy atom. The molecule has 82 valence electrons. The number of hydrogen-bond donors (Lipinski definition) is 0. The Labute approximate surface area is 87.3 Å². The lowest BCUT2D eigenvalue weighted by Crippen LogP contribution is -2.31. The highest BCUT2D eigenvalue weighted by Gasteiger charge is 2.20. The molecule has 14 heavy (non-hydrogen) atoms. The number of hydrogen-bond acceptors (Lipinski definition) is 2. The predicted octanol–water partition coefficient (Wildman–Crippen LogP) is 3.27. The summed E-state index contributed by atoms with van der Waals surface area (Å²) in [6.07, 6.45) is 10.2. The first-order valence-electron chi connectivity index (χ1n) is 5.78. The van der Waals surface area contributed by atoms with Gasteiger partial charge in [-0.25, -0.2) is 0 Å². The van der Waals surface area contributed by atoms with Gasteiger partial charge in [-0.15, -0.1) is 0 Å². The second-order valence-electron chi connectivity index (χ2n) is 3.75.